The minimum absolute atomic E-state index is 0.0719. The van der Waals surface area contributed by atoms with Gasteiger partial charge in [0.2, 0.25) is 5.88 Å². The number of carbonyl (C=O) groups is 1. The molecular weight excluding hydrogens is 236 g/mol. The number of aromatic nitrogens is 1. The molecule has 0 bridgehead atoms. The summed E-state index contributed by atoms with van der Waals surface area (Å²) in [7, 11) is 2.44. The average molecular weight is 247 g/mol. The van der Waals surface area contributed by atoms with Crippen molar-refractivity contribution in [2.45, 2.75) is 12.8 Å². The lowest BCUT2D eigenvalue weighted by atomic mass is 10.1. The Labute approximate surface area is 96.0 Å². The van der Waals surface area contributed by atoms with Gasteiger partial charge in [0.25, 0.3) is 6.43 Å². The molecule has 0 aliphatic heterocycles. The predicted octanol–water partition coefficient (Wildman–Crippen LogP) is 1.66. The first-order valence-corrected chi connectivity index (χ1v) is 4.61. The van der Waals surface area contributed by atoms with Crippen LogP contribution in [0.25, 0.3) is 0 Å². The Morgan fingerprint density at radius 1 is 1.47 bits per heavy atom. The molecule has 1 heterocycles. The number of aliphatic carboxylic acids is 1. The predicted molar refractivity (Wildman–Crippen MR) is 53.6 cm³/mol. The highest BCUT2D eigenvalue weighted by Crippen LogP contribution is 2.34. The summed E-state index contributed by atoms with van der Waals surface area (Å²) >= 11 is 0. The van der Waals surface area contributed by atoms with Crippen LogP contribution in [-0.2, 0) is 11.2 Å². The van der Waals surface area contributed by atoms with Gasteiger partial charge in [-0.2, -0.15) is 0 Å². The summed E-state index contributed by atoms with van der Waals surface area (Å²) in [6.07, 6.45) is -3.31. The maximum absolute atomic E-state index is 12.7. The van der Waals surface area contributed by atoms with Gasteiger partial charge in [-0.15, -0.1) is 0 Å². The summed E-state index contributed by atoms with van der Waals surface area (Å²) in [5.74, 6) is -1.48. The number of carboxylic acid groups (broad SMARTS) is 1. The van der Waals surface area contributed by atoms with Crippen LogP contribution in [0.3, 0.4) is 0 Å². The van der Waals surface area contributed by atoms with E-state index in [0.717, 1.165) is 6.07 Å². The van der Waals surface area contributed by atoms with E-state index in [4.69, 9.17) is 14.6 Å². The minimum atomic E-state index is -2.80. The molecule has 1 aromatic heterocycles. The molecule has 0 radical (unpaired) electrons. The molecule has 0 aliphatic carbocycles. The van der Waals surface area contributed by atoms with E-state index in [1.165, 1.54) is 14.2 Å². The highest BCUT2D eigenvalue weighted by Gasteiger charge is 2.21. The van der Waals surface area contributed by atoms with Gasteiger partial charge in [-0.25, -0.2) is 13.8 Å². The van der Waals surface area contributed by atoms with Gasteiger partial charge in [0.05, 0.1) is 31.9 Å². The van der Waals surface area contributed by atoms with Crippen molar-refractivity contribution in [3.8, 4) is 11.6 Å². The smallest absolute Gasteiger partial charge is 0.309 e. The lowest BCUT2D eigenvalue weighted by Gasteiger charge is -2.13. The zero-order valence-corrected chi connectivity index (χ0v) is 9.24. The summed E-state index contributed by atoms with van der Waals surface area (Å²) in [5, 5.41) is 8.66. The second kappa shape index (κ2) is 5.42. The van der Waals surface area contributed by atoms with Crippen molar-refractivity contribution in [1.29, 1.82) is 0 Å². The molecule has 0 unspecified atom stereocenters. The van der Waals surface area contributed by atoms with Crippen molar-refractivity contribution >= 4 is 5.97 Å². The highest BCUT2D eigenvalue weighted by atomic mass is 19.3. The van der Waals surface area contributed by atoms with Crippen molar-refractivity contribution in [3.63, 3.8) is 0 Å². The molecule has 1 aromatic rings. The van der Waals surface area contributed by atoms with E-state index in [1.807, 2.05) is 0 Å². The van der Waals surface area contributed by atoms with Gasteiger partial charge in [0.1, 0.15) is 5.75 Å². The number of nitrogens with zero attached hydrogens (tertiary/aromatic N) is 1. The van der Waals surface area contributed by atoms with Crippen LogP contribution < -0.4 is 9.47 Å². The number of alkyl halides is 2. The van der Waals surface area contributed by atoms with Crippen molar-refractivity contribution in [2.24, 2.45) is 0 Å². The van der Waals surface area contributed by atoms with Crippen molar-refractivity contribution in [3.05, 3.63) is 17.3 Å². The molecule has 1 N–H and O–H groups in total. The highest BCUT2D eigenvalue weighted by molar-refractivity contribution is 5.71. The molecule has 0 atom stereocenters. The number of carboxylic acids is 1. The number of rotatable bonds is 5. The van der Waals surface area contributed by atoms with Gasteiger partial charge in [-0.1, -0.05) is 0 Å². The van der Waals surface area contributed by atoms with E-state index < -0.39 is 24.4 Å². The molecule has 0 saturated heterocycles. The Kier molecular flexibility index (Phi) is 4.19. The largest absolute Gasteiger partial charge is 0.494 e. The zero-order chi connectivity index (χ0) is 13.0. The molecular formula is C10H11F2NO4. The van der Waals surface area contributed by atoms with E-state index in [1.54, 1.807) is 0 Å². The molecule has 7 heteroatoms. The van der Waals surface area contributed by atoms with Crippen LogP contribution in [0.1, 0.15) is 17.7 Å². The van der Waals surface area contributed by atoms with Gasteiger partial charge in [-0.3, -0.25) is 4.79 Å². The summed E-state index contributed by atoms with van der Waals surface area (Å²) < 4.78 is 35.0. The van der Waals surface area contributed by atoms with Crippen LogP contribution in [0.15, 0.2) is 6.07 Å². The summed E-state index contributed by atoms with van der Waals surface area (Å²) in [6.45, 7) is 0. The molecule has 0 fully saturated rings. The van der Waals surface area contributed by atoms with Crippen LogP contribution >= 0.6 is 0 Å². The maximum Gasteiger partial charge on any atom is 0.309 e. The van der Waals surface area contributed by atoms with Gasteiger partial charge in [0, 0.05) is 6.07 Å². The fourth-order valence-corrected chi connectivity index (χ4v) is 1.35. The molecule has 0 saturated carbocycles. The van der Waals surface area contributed by atoms with E-state index in [9.17, 15) is 13.6 Å². The van der Waals surface area contributed by atoms with E-state index >= 15 is 0 Å². The number of halogens is 2. The maximum atomic E-state index is 12.7. The molecule has 94 valence electrons. The third-order valence-corrected chi connectivity index (χ3v) is 2.02. The molecule has 0 aromatic carbocycles. The van der Waals surface area contributed by atoms with Crippen molar-refractivity contribution < 1.29 is 28.2 Å². The first-order valence-electron chi connectivity index (χ1n) is 4.61. The first-order chi connectivity index (χ1) is 7.99. The van der Waals surface area contributed by atoms with Crippen LogP contribution in [0, 0.1) is 0 Å². The monoisotopic (exact) mass is 247 g/mol. The summed E-state index contributed by atoms with van der Waals surface area (Å²) in [4.78, 5) is 14.4. The zero-order valence-electron chi connectivity index (χ0n) is 9.24. The number of hydrogen-bond acceptors (Lipinski definition) is 4. The van der Waals surface area contributed by atoms with E-state index in [-0.39, 0.29) is 17.3 Å². The van der Waals surface area contributed by atoms with Gasteiger partial charge >= 0.3 is 5.97 Å². The topological polar surface area (TPSA) is 68.7 Å². The van der Waals surface area contributed by atoms with Gasteiger partial charge in [-0.05, 0) is 0 Å². The first kappa shape index (κ1) is 13.1. The second-order valence-electron chi connectivity index (χ2n) is 3.10. The molecule has 0 aliphatic rings. The lowest BCUT2D eigenvalue weighted by Crippen LogP contribution is -2.08. The average Bonchev–Trinajstić information content (AvgIpc) is 2.26. The Bertz CT molecular complexity index is 423. The number of methoxy groups -OCH3 is 2. The second-order valence-corrected chi connectivity index (χ2v) is 3.10. The number of pyridine rings is 1. The van der Waals surface area contributed by atoms with Gasteiger partial charge < -0.3 is 14.6 Å². The Morgan fingerprint density at radius 3 is 2.53 bits per heavy atom. The number of hydrogen-bond donors (Lipinski definition) is 1. The summed E-state index contributed by atoms with van der Waals surface area (Å²) in [5.41, 5.74) is -0.523. The fraction of sp³-hybridized carbons (Fsp3) is 0.400. The Morgan fingerprint density at radius 2 is 2.12 bits per heavy atom. The quantitative estimate of drug-likeness (QED) is 0.857. The van der Waals surface area contributed by atoms with Crippen LogP contribution in [0.5, 0.6) is 11.6 Å². The van der Waals surface area contributed by atoms with E-state index in [2.05, 4.69) is 4.98 Å². The number of ether oxygens (including phenoxy) is 2. The SMILES string of the molecule is COc1cc(C(F)F)c(OC)c(CC(=O)O)n1. The van der Waals surface area contributed by atoms with E-state index in [0.29, 0.717) is 0 Å². The molecule has 1 rings (SSSR count). The minimum Gasteiger partial charge on any atom is -0.494 e. The fourth-order valence-electron chi connectivity index (χ4n) is 1.35. The van der Waals surface area contributed by atoms with Crippen LogP contribution in [-0.4, -0.2) is 30.3 Å². The van der Waals surface area contributed by atoms with Crippen molar-refractivity contribution in [1.82, 2.24) is 4.98 Å². The van der Waals surface area contributed by atoms with Gasteiger partial charge in [0.15, 0.2) is 0 Å². The molecule has 0 amide bonds. The third-order valence-electron chi connectivity index (χ3n) is 2.02. The Hall–Kier alpha value is -1.92. The normalized spacial score (nSPS) is 10.4. The van der Waals surface area contributed by atoms with Crippen LogP contribution in [0.2, 0.25) is 0 Å². The lowest BCUT2D eigenvalue weighted by molar-refractivity contribution is -0.136. The standard InChI is InChI=1S/C10H11F2NO4/c1-16-7-3-5(10(11)12)9(17-2)6(13-7)4-8(14)15/h3,10H,4H2,1-2H3,(H,14,15). The third kappa shape index (κ3) is 3.02. The molecule has 17 heavy (non-hydrogen) atoms. The summed E-state index contributed by atoms with van der Waals surface area (Å²) in [6, 6.07) is 1.02. The Balaban J connectivity index is 3.33. The molecule has 5 nitrogen and oxygen atoms in total. The molecule has 0 spiro atoms. The van der Waals surface area contributed by atoms with Crippen LogP contribution in [0.4, 0.5) is 8.78 Å². The van der Waals surface area contributed by atoms with Crippen molar-refractivity contribution in [2.75, 3.05) is 14.2 Å².